The van der Waals surface area contributed by atoms with E-state index in [4.69, 9.17) is 4.52 Å². The molecular weight excluding hydrogens is 322 g/mol. The van der Waals surface area contributed by atoms with Crippen LogP contribution in [0.1, 0.15) is 41.5 Å². The van der Waals surface area contributed by atoms with Crippen molar-refractivity contribution in [3.63, 3.8) is 0 Å². The molecule has 3 rings (SSSR count). The van der Waals surface area contributed by atoms with Crippen LogP contribution in [0.15, 0.2) is 39.8 Å². The highest BCUT2D eigenvalue weighted by Crippen LogP contribution is 2.26. The molecule has 0 saturated heterocycles. The Bertz CT molecular complexity index is 885. The van der Waals surface area contributed by atoms with E-state index in [0.29, 0.717) is 22.4 Å². The van der Waals surface area contributed by atoms with Gasteiger partial charge >= 0.3 is 0 Å². The fraction of sp³-hybridized carbons (Fsp3) is 0.278. The lowest BCUT2D eigenvalue weighted by Gasteiger charge is -2.10. The Balaban J connectivity index is 1.99. The van der Waals surface area contributed by atoms with Gasteiger partial charge in [0, 0.05) is 16.3 Å². The number of aryl methyl sites for hydroxylation is 1. The molecule has 0 spiro atoms. The molecule has 0 bridgehead atoms. The van der Waals surface area contributed by atoms with Gasteiger partial charge in [0.2, 0.25) is 0 Å². The van der Waals surface area contributed by atoms with Crippen LogP contribution in [0, 0.1) is 6.92 Å². The number of aromatic nitrogens is 2. The number of hydrogen-bond donors (Lipinski definition) is 1. The molecule has 0 fully saturated rings. The summed E-state index contributed by atoms with van der Waals surface area (Å²) >= 11 is 1.66. The van der Waals surface area contributed by atoms with Gasteiger partial charge in [-0.25, -0.2) is 4.98 Å². The zero-order valence-corrected chi connectivity index (χ0v) is 14.9. The number of hydrogen-bond acceptors (Lipinski definition) is 5. The molecule has 24 heavy (non-hydrogen) atoms. The smallest absolute Gasteiger partial charge is 0.259 e. The lowest BCUT2D eigenvalue weighted by atomic mass is 10.0. The molecule has 1 aromatic carbocycles. The Morgan fingerprint density at radius 2 is 1.96 bits per heavy atom. The zero-order chi connectivity index (χ0) is 17.3. The van der Waals surface area contributed by atoms with E-state index in [9.17, 15) is 4.79 Å². The summed E-state index contributed by atoms with van der Waals surface area (Å²) < 4.78 is 5.27. The first-order valence-corrected chi connectivity index (χ1v) is 8.94. The van der Waals surface area contributed by atoms with Crippen molar-refractivity contribution in [2.45, 2.75) is 31.6 Å². The first-order chi connectivity index (χ1) is 11.5. The second kappa shape index (κ2) is 6.65. The van der Waals surface area contributed by atoms with E-state index in [1.807, 2.05) is 57.4 Å². The number of thioether (sulfide) groups is 1. The van der Waals surface area contributed by atoms with Crippen LogP contribution in [0.25, 0.3) is 11.1 Å². The normalized spacial score (nSPS) is 11.2. The number of benzene rings is 1. The van der Waals surface area contributed by atoms with Crippen LogP contribution >= 0.6 is 11.8 Å². The second-order valence-electron chi connectivity index (χ2n) is 5.88. The van der Waals surface area contributed by atoms with Crippen molar-refractivity contribution >= 4 is 34.5 Å². The van der Waals surface area contributed by atoms with E-state index in [1.165, 1.54) is 0 Å². The van der Waals surface area contributed by atoms with Crippen molar-refractivity contribution in [3.8, 4) is 0 Å². The number of nitrogens with one attached hydrogen (secondary N) is 1. The van der Waals surface area contributed by atoms with Gasteiger partial charge in [0.1, 0.15) is 0 Å². The number of nitrogens with zero attached hydrogens (tertiary/aromatic N) is 2. The SMILES string of the molecule is CSc1ccc(NC(=O)c2cc(C(C)C)nc3onc(C)c23)cc1. The fourth-order valence-electron chi connectivity index (χ4n) is 2.46. The van der Waals surface area contributed by atoms with Gasteiger partial charge in [-0.15, -0.1) is 11.8 Å². The van der Waals surface area contributed by atoms with Gasteiger partial charge in [0.15, 0.2) is 0 Å². The third kappa shape index (κ3) is 3.14. The van der Waals surface area contributed by atoms with E-state index in [-0.39, 0.29) is 11.8 Å². The van der Waals surface area contributed by atoms with E-state index in [2.05, 4.69) is 15.5 Å². The fourth-order valence-corrected chi connectivity index (χ4v) is 2.87. The zero-order valence-electron chi connectivity index (χ0n) is 14.1. The third-order valence-corrected chi connectivity index (χ3v) is 4.56. The number of carbonyl (C=O) groups excluding carboxylic acids is 1. The topological polar surface area (TPSA) is 68.0 Å². The first-order valence-electron chi connectivity index (χ1n) is 7.72. The maximum atomic E-state index is 12.8. The Hall–Kier alpha value is -2.34. The van der Waals surface area contributed by atoms with Gasteiger partial charge in [-0.2, -0.15) is 0 Å². The largest absolute Gasteiger partial charge is 0.336 e. The molecule has 0 aliphatic rings. The number of anilines is 1. The van der Waals surface area contributed by atoms with Crippen molar-refractivity contribution in [3.05, 3.63) is 47.3 Å². The van der Waals surface area contributed by atoms with E-state index in [0.717, 1.165) is 16.3 Å². The minimum absolute atomic E-state index is 0.187. The number of fused-ring (bicyclic) bond motifs is 1. The molecule has 2 aromatic heterocycles. The van der Waals surface area contributed by atoms with Crippen LogP contribution in [-0.4, -0.2) is 22.3 Å². The standard InChI is InChI=1S/C18H19N3O2S/c1-10(2)15-9-14(16-11(3)21-23-18(16)20-15)17(22)19-12-5-7-13(24-4)8-6-12/h5-10H,1-4H3,(H,19,22). The van der Waals surface area contributed by atoms with E-state index in [1.54, 1.807) is 11.8 Å². The van der Waals surface area contributed by atoms with Crippen LogP contribution in [0.3, 0.4) is 0 Å². The molecule has 0 saturated carbocycles. The lowest BCUT2D eigenvalue weighted by molar-refractivity contribution is 0.102. The van der Waals surface area contributed by atoms with Gasteiger partial charge in [-0.05, 0) is 49.4 Å². The summed E-state index contributed by atoms with van der Waals surface area (Å²) in [4.78, 5) is 18.4. The number of amides is 1. The van der Waals surface area contributed by atoms with Crippen LogP contribution in [0.2, 0.25) is 0 Å². The Labute approximate surface area is 144 Å². The maximum Gasteiger partial charge on any atom is 0.259 e. The van der Waals surface area contributed by atoms with Gasteiger partial charge in [0.05, 0.1) is 16.6 Å². The van der Waals surface area contributed by atoms with Crippen LogP contribution in [-0.2, 0) is 0 Å². The van der Waals surface area contributed by atoms with Gasteiger partial charge in [-0.1, -0.05) is 19.0 Å². The van der Waals surface area contributed by atoms with E-state index >= 15 is 0 Å². The maximum absolute atomic E-state index is 12.8. The average Bonchev–Trinajstić information content (AvgIpc) is 2.96. The monoisotopic (exact) mass is 341 g/mol. The number of carbonyl (C=O) groups is 1. The number of rotatable bonds is 4. The van der Waals surface area contributed by atoms with Crippen molar-refractivity contribution < 1.29 is 9.32 Å². The Morgan fingerprint density at radius 3 is 2.58 bits per heavy atom. The molecule has 5 nitrogen and oxygen atoms in total. The van der Waals surface area contributed by atoms with Crippen molar-refractivity contribution in [1.29, 1.82) is 0 Å². The third-order valence-electron chi connectivity index (χ3n) is 3.82. The quantitative estimate of drug-likeness (QED) is 0.701. The molecule has 2 heterocycles. The van der Waals surface area contributed by atoms with Crippen molar-refractivity contribution in [2.75, 3.05) is 11.6 Å². The second-order valence-corrected chi connectivity index (χ2v) is 6.76. The molecule has 0 unspecified atom stereocenters. The molecule has 0 atom stereocenters. The summed E-state index contributed by atoms with van der Waals surface area (Å²) in [5.41, 5.74) is 3.16. The van der Waals surface area contributed by atoms with Crippen molar-refractivity contribution in [1.82, 2.24) is 10.1 Å². The predicted molar refractivity (Wildman–Crippen MR) is 96.8 cm³/mol. The highest BCUT2D eigenvalue weighted by molar-refractivity contribution is 7.98. The highest BCUT2D eigenvalue weighted by atomic mass is 32.2. The predicted octanol–water partition coefficient (Wildman–Crippen LogP) is 4.63. The van der Waals surface area contributed by atoms with Crippen LogP contribution in [0.5, 0.6) is 0 Å². The van der Waals surface area contributed by atoms with Gasteiger partial charge in [0.25, 0.3) is 11.6 Å². The summed E-state index contributed by atoms with van der Waals surface area (Å²) in [6, 6.07) is 9.57. The van der Waals surface area contributed by atoms with Gasteiger partial charge < -0.3 is 9.84 Å². The minimum atomic E-state index is -0.187. The minimum Gasteiger partial charge on any atom is -0.336 e. The summed E-state index contributed by atoms with van der Waals surface area (Å²) in [6.45, 7) is 5.87. The molecule has 0 aliphatic heterocycles. The molecule has 0 aliphatic carbocycles. The van der Waals surface area contributed by atoms with E-state index < -0.39 is 0 Å². The number of pyridine rings is 1. The summed E-state index contributed by atoms with van der Waals surface area (Å²) in [5.74, 6) is -0.000259. The Kier molecular flexibility index (Phi) is 4.57. The summed E-state index contributed by atoms with van der Waals surface area (Å²) in [6.07, 6.45) is 2.02. The van der Waals surface area contributed by atoms with Gasteiger partial charge in [-0.3, -0.25) is 4.79 Å². The molecule has 1 amide bonds. The molecule has 3 aromatic rings. The van der Waals surface area contributed by atoms with Crippen LogP contribution in [0.4, 0.5) is 5.69 Å². The highest BCUT2D eigenvalue weighted by Gasteiger charge is 2.19. The first kappa shape index (κ1) is 16.5. The molecular formula is C18H19N3O2S. The molecule has 124 valence electrons. The lowest BCUT2D eigenvalue weighted by Crippen LogP contribution is -2.13. The Morgan fingerprint density at radius 1 is 1.25 bits per heavy atom. The van der Waals surface area contributed by atoms with Crippen LogP contribution < -0.4 is 5.32 Å². The van der Waals surface area contributed by atoms with Crippen molar-refractivity contribution in [2.24, 2.45) is 0 Å². The molecule has 1 N–H and O–H groups in total. The molecule has 0 radical (unpaired) electrons. The summed E-state index contributed by atoms with van der Waals surface area (Å²) in [5, 5.41) is 7.55. The average molecular weight is 341 g/mol. The molecule has 6 heteroatoms. The summed E-state index contributed by atoms with van der Waals surface area (Å²) in [7, 11) is 0.